The summed E-state index contributed by atoms with van der Waals surface area (Å²) in [7, 11) is 0. The van der Waals surface area contributed by atoms with Crippen LogP contribution in [0.25, 0.3) is 0 Å². The first-order valence-corrected chi connectivity index (χ1v) is 9.20. The van der Waals surface area contributed by atoms with Crippen molar-refractivity contribution in [1.82, 2.24) is 15.1 Å². The van der Waals surface area contributed by atoms with E-state index in [4.69, 9.17) is 0 Å². The molecule has 0 spiro atoms. The summed E-state index contributed by atoms with van der Waals surface area (Å²) < 4.78 is 1.85. The third-order valence-corrected chi connectivity index (χ3v) is 4.81. The normalized spacial score (nSPS) is 15.0. The summed E-state index contributed by atoms with van der Waals surface area (Å²) in [6, 6.07) is 6.54. The highest BCUT2D eigenvalue weighted by Crippen LogP contribution is 2.31. The first kappa shape index (κ1) is 18.9. The maximum atomic E-state index is 12.6. The van der Waals surface area contributed by atoms with E-state index in [9.17, 15) is 14.9 Å². The minimum Gasteiger partial charge on any atom is -0.366 e. The molecular weight excluding hydrogens is 346 g/mol. The van der Waals surface area contributed by atoms with Crippen molar-refractivity contribution in [2.45, 2.75) is 46.2 Å². The third-order valence-electron chi connectivity index (χ3n) is 4.81. The lowest BCUT2D eigenvalue weighted by molar-refractivity contribution is -0.384. The zero-order valence-corrected chi connectivity index (χ0v) is 15.9. The van der Waals surface area contributed by atoms with Gasteiger partial charge < -0.3 is 10.2 Å². The fourth-order valence-electron chi connectivity index (χ4n) is 3.51. The molecule has 27 heavy (non-hydrogen) atoms. The highest BCUT2D eigenvalue weighted by Gasteiger charge is 2.24. The molecule has 1 fully saturated rings. The molecule has 0 aliphatic carbocycles. The van der Waals surface area contributed by atoms with E-state index in [2.05, 4.69) is 10.4 Å². The molecule has 0 radical (unpaired) electrons. The van der Waals surface area contributed by atoms with Gasteiger partial charge in [0.15, 0.2) is 0 Å². The van der Waals surface area contributed by atoms with Crippen molar-refractivity contribution in [2.24, 2.45) is 0 Å². The topological polar surface area (TPSA) is 93.3 Å². The van der Waals surface area contributed by atoms with E-state index in [1.165, 1.54) is 6.07 Å². The molecule has 1 N–H and O–H groups in total. The molecule has 1 aromatic heterocycles. The van der Waals surface area contributed by atoms with Crippen molar-refractivity contribution in [1.29, 1.82) is 0 Å². The molecule has 1 aromatic carbocycles. The number of amides is 1. The van der Waals surface area contributed by atoms with Crippen LogP contribution in [0.1, 0.15) is 41.5 Å². The van der Waals surface area contributed by atoms with Gasteiger partial charge in [-0.3, -0.25) is 19.6 Å². The van der Waals surface area contributed by atoms with E-state index in [-0.39, 0.29) is 17.6 Å². The maximum absolute atomic E-state index is 12.6. The molecule has 1 atom stereocenters. The smallest absolute Gasteiger partial charge is 0.293 e. The number of hydrogen-bond acceptors (Lipinski definition) is 5. The summed E-state index contributed by atoms with van der Waals surface area (Å²) in [6.45, 7) is 7.95. The van der Waals surface area contributed by atoms with Crippen molar-refractivity contribution >= 4 is 17.3 Å². The average Bonchev–Trinajstić information content (AvgIpc) is 3.24. The second-order valence-electron chi connectivity index (χ2n) is 7.14. The average molecular weight is 371 g/mol. The predicted molar refractivity (Wildman–Crippen MR) is 103 cm³/mol. The maximum Gasteiger partial charge on any atom is 0.293 e. The van der Waals surface area contributed by atoms with Crippen LogP contribution >= 0.6 is 0 Å². The number of nitrogens with one attached hydrogen (secondary N) is 1. The van der Waals surface area contributed by atoms with Gasteiger partial charge in [0.2, 0.25) is 0 Å². The fraction of sp³-hybridized carbons (Fsp3) is 0.474. The van der Waals surface area contributed by atoms with Gasteiger partial charge in [0.05, 0.1) is 17.2 Å². The van der Waals surface area contributed by atoms with Gasteiger partial charge in [0.1, 0.15) is 5.69 Å². The number of rotatable bonds is 6. The minimum atomic E-state index is -0.413. The van der Waals surface area contributed by atoms with E-state index in [0.29, 0.717) is 17.8 Å². The molecule has 1 aliphatic heterocycles. The summed E-state index contributed by atoms with van der Waals surface area (Å²) in [4.78, 5) is 25.7. The second kappa shape index (κ2) is 7.77. The van der Waals surface area contributed by atoms with Gasteiger partial charge in [-0.2, -0.15) is 5.10 Å². The Morgan fingerprint density at radius 1 is 1.30 bits per heavy atom. The molecule has 144 valence electrons. The SMILES string of the molecule is Cc1cc(C)n(C[C@@H](C)NC(=O)c2ccc(N3CCCC3)c([N+](=O)[O-])c2)n1. The lowest BCUT2D eigenvalue weighted by Crippen LogP contribution is -2.36. The predicted octanol–water partition coefficient (Wildman–Crippen LogP) is 2.83. The molecular formula is C19H25N5O3. The van der Waals surface area contributed by atoms with Crippen LogP contribution in [-0.2, 0) is 6.54 Å². The Morgan fingerprint density at radius 2 is 2.00 bits per heavy atom. The number of nitro groups is 1. The number of aromatic nitrogens is 2. The van der Waals surface area contributed by atoms with Crippen molar-refractivity contribution in [2.75, 3.05) is 18.0 Å². The molecule has 1 amide bonds. The Morgan fingerprint density at radius 3 is 2.59 bits per heavy atom. The molecule has 0 saturated carbocycles. The highest BCUT2D eigenvalue weighted by molar-refractivity contribution is 5.96. The van der Waals surface area contributed by atoms with Crippen molar-refractivity contribution < 1.29 is 9.72 Å². The van der Waals surface area contributed by atoms with Crippen LogP contribution in [0.4, 0.5) is 11.4 Å². The number of carbonyl (C=O) groups is 1. The summed E-state index contributed by atoms with van der Waals surface area (Å²) in [5, 5.41) is 18.8. The molecule has 3 rings (SSSR count). The lowest BCUT2D eigenvalue weighted by Gasteiger charge is -2.18. The number of aryl methyl sites for hydroxylation is 2. The zero-order valence-electron chi connectivity index (χ0n) is 15.9. The summed E-state index contributed by atoms with van der Waals surface area (Å²) >= 11 is 0. The van der Waals surface area contributed by atoms with E-state index >= 15 is 0 Å². The van der Waals surface area contributed by atoms with Crippen LogP contribution < -0.4 is 10.2 Å². The summed E-state index contributed by atoms with van der Waals surface area (Å²) in [6.07, 6.45) is 2.06. The molecule has 0 unspecified atom stereocenters. The largest absolute Gasteiger partial charge is 0.366 e. The first-order valence-electron chi connectivity index (χ1n) is 9.20. The number of carbonyl (C=O) groups excluding carboxylic acids is 1. The Balaban J connectivity index is 1.73. The van der Waals surface area contributed by atoms with Crippen LogP contribution in [0.5, 0.6) is 0 Å². The van der Waals surface area contributed by atoms with Gasteiger partial charge in [-0.15, -0.1) is 0 Å². The number of anilines is 1. The highest BCUT2D eigenvalue weighted by atomic mass is 16.6. The van der Waals surface area contributed by atoms with Crippen LogP contribution in [0.15, 0.2) is 24.3 Å². The first-order chi connectivity index (χ1) is 12.8. The van der Waals surface area contributed by atoms with E-state index < -0.39 is 4.92 Å². The van der Waals surface area contributed by atoms with Gasteiger partial charge in [-0.25, -0.2) is 0 Å². The van der Waals surface area contributed by atoms with Crippen LogP contribution in [0, 0.1) is 24.0 Å². The Kier molecular flexibility index (Phi) is 5.43. The van der Waals surface area contributed by atoms with E-state index in [1.807, 2.05) is 36.4 Å². The molecule has 2 aromatic rings. The van der Waals surface area contributed by atoms with Crippen LogP contribution in [-0.4, -0.2) is 39.7 Å². The van der Waals surface area contributed by atoms with Crippen LogP contribution in [0.3, 0.4) is 0 Å². The number of nitro benzene ring substituents is 1. The Labute approximate surface area is 158 Å². The zero-order chi connectivity index (χ0) is 19.6. The number of hydrogen-bond donors (Lipinski definition) is 1. The van der Waals surface area contributed by atoms with E-state index in [0.717, 1.165) is 37.3 Å². The molecule has 2 heterocycles. The fourth-order valence-corrected chi connectivity index (χ4v) is 3.51. The van der Waals surface area contributed by atoms with Crippen molar-refractivity contribution in [3.8, 4) is 0 Å². The van der Waals surface area contributed by atoms with E-state index in [1.54, 1.807) is 12.1 Å². The van der Waals surface area contributed by atoms with Gasteiger partial charge >= 0.3 is 0 Å². The Bertz CT molecular complexity index is 855. The number of nitrogens with zero attached hydrogens (tertiary/aromatic N) is 4. The second-order valence-corrected chi connectivity index (χ2v) is 7.14. The lowest BCUT2D eigenvalue weighted by atomic mass is 10.1. The molecule has 1 aliphatic rings. The molecule has 0 bridgehead atoms. The summed E-state index contributed by atoms with van der Waals surface area (Å²) in [5.74, 6) is -0.319. The summed E-state index contributed by atoms with van der Waals surface area (Å²) in [5.41, 5.74) is 2.82. The molecule has 8 heteroatoms. The van der Waals surface area contributed by atoms with Gasteiger partial charge in [0.25, 0.3) is 11.6 Å². The van der Waals surface area contributed by atoms with Gasteiger partial charge in [-0.1, -0.05) is 0 Å². The number of benzene rings is 1. The minimum absolute atomic E-state index is 0.0178. The van der Waals surface area contributed by atoms with Crippen molar-refractivity contribution in [3.63, 3.8) is 0 Å². The van der Waals surface area contributed by atoms with Crippen LogP contribution in [0.2, 0.25) is 0 Å². The van der Waals surface area contributed by atoms with Crippen molar-refractivity contribution in [3.05, 3.63) is 51.3 Å². The standard InChI is InChI=1S/C19H25N5O3/c1-13-10-15(3)23(21-13)12-14(2)20-19(25)16-6-7-17(18(11-16)24(26)27)22-8-4-5-9-22/h6-7,10-11,14H,4-5,8-9,12H2,1-3H3,(H,20,25)/t14-/m1/s1. The molecule has 8 nitrogen and oxygen atoms in total. The van der Waals surface area contributed by atoms with Gasteiger partial charge in [-0.05, 0) is 51.8 Å². The third kappa shape index (κ3) is 4.27. The molecule has 1 saturated heterocycles. The Hall–Kier alpha value is -2.90. The monoisotopic (exact) mass is 371 g/mol. The van der Waals surface area contributed by atoms with Gasteiger partial charge in [0, 0.05) is 36.5 Å². The quantitative estimate of drug-likeness (QED) is 0.622.